The number of carbonyl (C=O) groups is 2. The second-order valence-electron chi connectivity index (χ2n) is 4.44. The van der Waals surface area contributed by atoms with Crippen molar-refractivity contribution >= 4 is 17.7 Å². The molecule has 2 rings (SSSR count). The van der Waals surface area contributed by atoms with Crippen LogP contribution < -0.4 is 10.9 Å². The lowest BCUT2D eigenvalue weighted by Crippen LogP contribution is -2.31. The predicted molar refractivity (Wildman–Crippen MR) is 72.5 cm³/mol. The van der Waals surface area contributed by atoms with Crippen molar-refractivity contribution in [2.75, 3.05) is 5.32 Å². The minimum atomic E-state index is -1.20. The predicted octanol–water partition coefficient (Wildman–Crippen LogP) is 0.0707. The number of H-pyrrole nitrogens is 1. The number of carboxylic acids is 1. The highest BCUT2D eigenvalue weighted by molar-refractivity contribution is 6.05. The Morgan fingerprint density at radius 3 is 2.62 bits per heavy atom. The fourth-order valence-electron chi connectivity index (χ4n) is 1.79. The minimum Gasteiger partial charge on any atom is -0.477 e. The Morgan fingerprint density at radius 2 is 2.05 bits per heavy atom. The quantitative estimate of drug-likeness (QED) is 0.733. The standard InChI is InChI=1S/C12H13N5O4/c1-5-6(2)16-17(3)11(19)9(5)10(18)13-8-4-7(12(20)21)14-15-8/h4H,1-3H3,(H,20,21)(H2,13,14,15,18). The number of rotatable bonds is 3. The molecule has 0 bridgehead atoms. The summed E-state index contributed by atoms with van der Waals surface area (Å²) in [5.41, 5.74) is 0.260. The molecule has 0 saturated heterocycles. The van der Waals surface area contributed by atoms with E-state index < -0.39 is 17.4 Å². The molecule has 0 atom stereocenters. The number of aromatic amines is 1. The first-order valence-corrected chi connectivity index (χ1v) is 5.95. The number of nitrogens with zero attached hydrogens (tertiary/aromatic N) is 3. The molecule has 9 nitrogen and oxygen atoms in total. The van der Waals surface area contributed by atoms with E-state index in [0.29, 0.717) is 11.3 Å². The first-order valence-electron chi connectivity index (χ1n) is 5.95. The lowest BCUT2D eigenvalue weighted by molar-refractivity contribution is 0.0690. The Hall–Kier alpha value is -2.97. The summed E-state index contributed by atoms with van der Waals surface area (Å²) < 4.78 is 1.07. The first kappa shape index (κ1) is 14.4. The summed E-state index contributed by atoms with van der Waals surface area (Å²) in [5.74, 6) is -1.84. The highest BCUT2D eigenvalue weighted by Gasteiger charge is 2.19. The van der Waals surface area contributed by atoms with Gasteiger partial charge in [0.1, 0.15) is 11.3 Å². The molecule has 21 heavy (non-hydrogen) atoms. The molecule has 9 heteroatoms. The zero-order chi connectivity index (χ0) is 15.7. The largest absolute Gasteiger partial charge is 0.477 e. The Balaban J connectivity index is 2.37. The number of hydrogen-bond acceptors (Lipinski definition) is 5. The van der Waals surface area contributed by atoms with E-state index >= 15 is 0 Å². The summed E-state index contributed by atoms with van der Waals surface area (Å²) in [7, 11) is 1.45. The van der Waals surface area contributed by atoms with Gasteiger partial charge in [-0.1, -0.05) is 0 Å². The van der Waals surface area contributed by atoms with Crippen molar-refractivity contribution in [3.8, 4) is 0 Å². The van der Waals surface area contributed by atoms with Crippen molar-refractivity contribution in [1.82, 2.24) is 20.0 Å². The normalized spacial score (nSPS) is 10.4. The Kier molecular flexibility index (Phi) is 3.57. The summed E-state index contributed by atoms with van der Waals surface area (Å²) in [6.45, 7) is 3.30. The smallest absolute Gasteiger partial charge is 0.353 e. The number of aromatic nitrogens is 4. The van der Waals surface area contributed by atoms with Crippen LogP contribution in [0.1, 0.15) is 32.1 Å². The summed E-state index contributed by atoms with van der Waals surface area (Å²) in [6, 6.07) is 1.16. The van der Waals surface area contributed by atoms with Crippen molar-refractivity contribution in [3.05, 3.63) is 38.9 Å². The van der Waals surface area contributed by atoms with Crippen molar-refractivity contribution in [1.29, 1.82) is 0 Å². The second kappa shape index (κ2) is 5.19. The van der Waals surface area contributed by atoms with Gasteiger partial charge < -0.3 is 10.4 Å². The average Bonchev–Trinajstić information content (AvgIpc) is 2.85. The molecular formula is C12H13N5O4. The number of aryl methyl sites for hydroxylation is 2. The van der Waals surface area contributed by atoms with E-state index in [0.717, 1.165) is 10.7 Å². The van der Waals surface area contributed by atoms with Crippen LogP contribution in [0.15, 0.2) is 10.9 Å². The highest BCUT2D eigenvalue weighted by atomic mass is 16.4. The van der Waals surface area contributed by atoms with Crippen LogP contribution in [0.4, 0.5) is 5.82 Å². The summed E-state index contributed by atoms with van der Waals surface area (Å²) in [4.78, 5) is 34.9. The van der Waals surface area contributed by atoms with Gasteiger partial charge in [-0.3, -0.25) is 14.7 Å². The maximum absolute atomic E-state index is 12.2. The van der Waals surface area contributed by atoms with Crippen molar-refractivity contribution < 1.29 is 14.7 Å². The van der Waals surface area contributed by atoms with E-state index in [2.05, 4.69) is 20.6 Å². The summed E-state index contributed by atoms with van der Waals surface area (Å²) in [6.07, 6.45) is 0. The Morgan fingerprint density at radius 1 is 1.38 bits per heavy atom. The van der Waals surface area contributed by atoms with Crippen LogP contribution in [0.2, 0.25) is 0 Å². The number of carbonyl (C=O) groups excluding carboxylic acids is 1. The third kappa shape index (κ3) is 2.66. The van der Waals surface area contributed by atoms with Gasteiger partial charge in [0.25, 0.3) is 11.5 Å². The van der Waals surface area contributed by atoms with Gasteiger partial charge in [0.15, 0.2) is 5.82 Å². The average molecular weight is 291 g/mol. The number of amides is 1. The third-order valence-electron chi connectivity index (χ3n) is 3.00. The van der Waals surface area contributed by atoms with Crippen LogP contribution in [-0.4, -0.2) is 37.0 Å². The van der Waals surface area contributed by atoms with Crippen LogP contribution in [0.3, 0.4) is 0 Å². The maximum Gasteiger partial charge on any atom is 0.353 e. The number of aromatic carboxylic acids is 1. The fraction of sp³-hybridized carbons (Fsp3) is 0.250. The molecule has 2 aromatic heterocycles. The van der Waals surface area contributed by atoms with Gasteiger partial charge in [-0.25, -0.2) is 9.48 Å². The molecule has 0 aromatic carbocycles. The topological polar surface area (TPSA) is 130 Å². The molecule has 0 aliphatic carbocycles. The van der Waals surface area contributed by atoms with E-state index in [9.17, 15) is 14.4 Å². The second-order valence-corrected chi connectivity index (χ2v) is 4.44. The molecule has 0 spiro atoms. The zero-order valence-corrected chi connectivity index (χ0v) is 11.6. The molecular weight excluding hydrogens is 278 g/mol. The van der Waals surface area contributed by atoms with Crippen LogP contribution in [0.5, 0.6) is 0 Å². The van der Waals surface area contributed by atoms with Gasteiger partial charge in [0, 0.05) is 13.1 Å². The van der Waals surface area contributed by atoms with Crippen LogP contribution in [0, 0.1) is 13.8 Å². The molecule has 0 aliphatic heterocycles. The van der Waals surface area contributed by atoms with E-state index in [1.54, 1.807) is 13.8 Å². The summed E-state index contributed by atoms with van der Waals surface area (Å²) in [5, 5.41) is 21.0. The molecule has 0 fully saturated rings. The molecule has 2 heterocycles. The maximum atomic E-state index is 12.2. The number of anilines is 1. The van der Waals surface area contributed by atoms with Crippen LogP contribution in [-0.2, 0) is 7.05 Å². The van der Waals surface area contributed by atoms with Gasteiger partial charge in [0.2, 0.25) is 0 Å². The highest BCUT2D eigenvalue weighted by Crippen LogP contribution is 2.10. The molecule has 0 saturated carbocycles. The first-order chi connectivity index (χ1) is 9.81. The van der Waals surface area contributed by atoms with Crippen molar-refractivity contribution in [2.24, 2.45) is 7.05 Å². The van der Waals surface area contributed by atoms with E-state index in [4.69, 9.17) is 5.11 Å². The number of nitrogens with one attached hydrogen (secondary N) is 2. The van der Waals surface area contributed by atoms with Gasteiger partial charge in [-0.2, -0.15) is 10.2 Å². The van der Waals surface area contributed by atoms with Crippen molar-refractivity contribution in [2.45, 2.75) is 13.8 Å². The molecule has 0 aliphatic rings. The van der Waals surface area contributed by atoms with Gasteiger partial charge in [-0.05, 0) is 19.4 Å². The summed E-state index contributed by atoms with van der Waals surface area (Å²) >= 11 is 0. The van der Waals surface area contributed by atoms with Crippen LogP contribution >= 0.6 is 0 Å². The molecule has 0 radical (unpaired) electrons. The number of carboxylic acid groups (broad SMARTS) is 1. The lowest BCUT2D eigenvalue weighted by Gasteiger charge is -2.08. The molecule has 2 aromatic rings. The monoisotopic (exact) mass is 291 g/mol. The van der Waals surface area contributed by atoms with E-state index in [-0.39, 0.29) is 17.1 Å². The van der Waals surface area contributed by atoms with Gasteiger partial charge in [0.05, 0.1) is 5.69 Å². The van der Waals surface area contributed by atoms with Crippen LogP contribution in [0.25, 0.3) is 0 Å². The van der Waals surface area contributed by atoms with Gasteiger partial charge >= 0.3 is 5.97 Å². The lowest BCUT2D eigenvalue weighted by atomic mass is 10.1. The molecule has 0 unspecified atom stereocenters. The Bertz CT molecular complexity index is 789. The fourth-order valence-corrected chi connectivity index (χ4v) is 1.79. The van der Waals surface area contributed by atoms with E-state index in [1.807, 2.05) is 0 Å². The molecule has 110 valence electrons. The van der Waals surface area contributed by atoms with Crippen molar-refractivity contribution in [3.63, 3.8) is 0 Å². The SMILES string of the molecule is Cc1nn(C)c(=O)c(C(=O)Nc2cc(C(=O)O)[nH]n2)c1C. The molecule has 3 N–H and O–H groups in total. The zero-order valence-electron chi connectivity index (χ0n) is 11.6. The minimum absolute atomic E-state index is 0.0216. The molecule has 1 amide bonds. The van der Waals surface area contributed by atoms with E-state index in [1.165, 1.54) is 7.05 Å². The number of hydrogen-bond donors (Lipinski definition) is 3. The Labute approximate surface area is 118 Å². The van der Waals surface area contributed by atoms with Gasteiger partial charge in [-0.15, -0.1) is 0 Å². The third-order valence-corrected chi connectivity index (χ3v) is 3.00.